The normalized spacial score (nSPS) is 19.2. The first kappa shape index (κ1) is 19.5. The first-order chi connectivity index (χ1) is 12.7. The number of nitrogens with zero attached hydrogens (tertiary/aromatic N) is 4. The van der Waals surface area contributed by atoms with Gasteiger partial charge in [-0.25, -0.2) is 13.4 Å². The lowest BCUT2D eigenvalue weighted by Crippen LogP contribution is -2.52. The lowest BCUT2D eigenvalue weighted by molar-refractivity contribution is -0.130. The summed E-state index contributed by atoms with van der Waals surface area (Å²) in [6, 6.07) is 5.38. The minimum absolute atomic E-state index is 0.115. The molecule has 2 heterocycles. The number of hydrazone groups is 1. The summed E-state index contributed by atoms with van der Waals surface area (Å²) in [4.78, 5) is 26.0. The molecule has 27 heavy (non-hydrogen) atoms. The van der Waals surface area contributed by atoms with Crippen molar-refractivity contribution in [1.82, 2.24) is 14.2 Å². The van der Waals surface area contributed by atoms with Crippen LogP contribution in [0.1, 0.15) is 24.0 Å². The smallest absolute Gasteiger partial charge is 0.270 e. The summed E-state index contributed by atoms with van der Waals surface area (Å²) in [7, 11) is -2.06. The Morgan fingerprint density at radius 3 is 2.37 bits per heavy atom. The zero-order valence-electron chi connectivity index (χ0n) is 15.8. The molecule has 0 aliphatic carbocycles. The van der Waals surface area contributed by atoms with E-state index in [1.54, 1.807) is 24.0 Å². The molecule has 2 amide bonds. The molecule has 0 aromatic heterocycles. The van der Waals surface area contributed by atoms with Crippen LogP contribution >= 0.6 is 0 Å². The van der Waals surface area contributed by atoms with Gasteiger partial charge in [0.1, 0.15) is 5.71 Å². The van der Waals surface area contributed by atoms with Gasteiger partial charge >= 0.3 is 0 Å². The van der Waals surface area contributed by atoms with Crippen molar-refractivity contribution in [2.45, 2.75) is 31.6 Å². The monoisotopic (exact) mass is 392 g/mol. The van der Waals surface area contributed by atoms with Crippen LogP contribution in [0.3, 0.4) is 0 Å². The van der Waals surface area contributed by atoms with Gasteiger partial charge in [0.25, 0.3) is 5.91 Å². The maximum Gasteiger partial charge on any atom is 0.270 e. The van der Waals surface area contributed by atoms with Gasteiger partial charge in [0, 0.05) is 46.1 Å². The summed E-state index contributed by atoms with van der Waals surface area (Å²) in [5.41, 5.74) is 1.95. The van der Waals surface area contributed by atoms with Crippen molar-refractivity contribution >= 4 is 27.5 Å². The van der Waals surface area contributed by atoms with Crippen molar-refractivity contribution in [2.75, 3.05) is 33.2 Å². The van der Waals surface area contributed by atoms with Gasteiger partial charge in [-0.2, -0.15) is 9.41 Å². The molecule has 1 saturated heterocycles. The average Bonchev–Trinajstić information content (AvgIpc) is 2.65. The summed E-state index contributed by atoms with van der Waals surface area (Å²) >= 11 is 0. The van der Waals surface area contributed by atoms with E-state index in [1.165, 1.54) is 16.4 Å². The van der Waals surface area contributed by atoms with Gasteiger partial charge in [-0.15, -0.1) is 0 Å². The number of aryl methyl sites for hydroxylation is 2. The molecule has 0 bridgehead atoms. The highest BCUT2D eigenvalue weighted by Crippen LogP contribution is 2.22. The molecule has 0 unspecified atom stereocenters. The van der Waals surface area contributed by atoms with Crippen LogP contribution in [0.15, 0.2) is 28.2 Å². The maximum absolute atomic E-state index is 13.0. The summed E-state index contributed by atoms with van der Waals surface area (Å²) in [5, 5.41) is 5.24. The minimum Gasteiger partial charge on any atom is -0.335 e. The van der Waals surface area contributed by atoms with Gasteiger partial charge in [0.2, 0.25) is 15.9 Å². The van der Waals surface area contributed by atoms with E-state index < -0.39 is 10.0 Å². The van der Waals surface area contributed by atoms with Crippen molar-refractivity contribution in [1.29, 1.82) is 0 Å². The molecule has 8 nitrogen and oxygen atoms in total. The Morgan fingerprint density at radius 1 is 1.07 bits per heavy atom. The molecule has 1 aromatic carbocycles. The molecule has 1 fully saturated rings. The number of hydrogen-bond donors (Lipinski definition) is 0. The predicted octanol–water partition coefficient (Wildman–Crippen LogP) is 0.745. The van der Waals surface area contributed by atoms with Gasteiger partial charge in [0.15, 0.2) is 0 Å². The Kier molecular flexibility index (Phi) is 5.34. The fraction of sp³-hybridized carbons (Fsp3) is 0.500. The second kappa shape index (κ2) is 7.40. The van der Waals surface area contributed by atoms with Crippen molar-refractivity contribution in [3.05, 3.63) is 29.3 Å². The van der Waals surface area contributed by atoms with Crippen molar-refractivity contribution in [2.24, 2.45) is 5.10 Å². The third-order valence-corrected chi connectivity index (χ3v) is 6.98. The highest BCUT2D eigenvalue weighted by Gasteiger charge is 2.33. The van der Waals surface area contributed by atoms with Crippen LogP contribution in [0.4, 0.5) is 0 Å². The Bertz CT molecular complexity index is 902. The number of benzene rings is 1. The average molecular weight is 392 g/mol. The summed E-state index contributed by atoms with van der Waals surface area (Å²) < 4.78 is 27.4. The number of rotatable bonds is 3. The van der Waals surface area contributed by atoms with Crippen LogP contribution in [0.25, 0.3) is 0 Å². The van der Waals surface area contributed by atoms with E-state index in [0.29, 0.717) is 35.7 Å². The van der Waals surface area contributed by atoms with E-state index in [4.69, 9.17) is 0 Å². The second-order valence-electron chi connectivity index (χ2n) is 6.93. The molecule has 3 rings (SSSR count). The van der Waals surface area contributed by atoms with Crippen molar-refractivity contribution in [3.8, 4) is 0 Å². The standard InChI is InChI=1S/C18H24N4O4S/c1-13-4-5-14(2)16(12-13)27(25,26)22-10-8-21(9-11-22)18(24)15-6-7-17(23)20(3)19-15/h4-5,12H,6-11H2,1-3H3. The topological polar surface area (TPSA) is 90.4 Å². The molecule has 0 radical (unpaired) electrons. The van der Waals surface area contributed by atoms with Crippen LogP contribution < -0.4 is 0 Å². The molecular weight excluding hydrogens is 368 g/mol. The number of piperazine rings is 1. The van der Waals surface area contributed by atoms with Crippen molar-refractivity contribution < 1.29 is 18.0 Å². The molecule has 1 aromatic rings. The number of hydrogen-bond acceptors (Lipinski definition) is 5. The lowest BCUT2D eigenvalue weighted by Gasteiger charge is -2.35. The summed E-state index contributed by atoms with van der Waals surface area (Å²) in [6.07, 6.45) is 0.588. The van der Waals surface area contributed by atoms with Crippen LogP contribution in [0, 0.1) is 13.8 Å². The Labute approximate surface area is 159 Å². The first-order valence-corrected chi connectivity index (χ1v) is 10.3. The molecule has 0 N–H and O–H groups in total. The van der Waals surface area contributed by atoms with Gasteiger partial charge in [0.05, 0.1) is 4.90 Å². The zero-order chi connectivity index (χ0) is 19.8. The Balaban J connectivity index is 1.70. The number of amides is 2. The van der Waals surface area contributed by atoms with Crippen LogP contribution in [0.5, 0.6) is 0 Å². The largest absolute Gasteiger partial charge is 0.335 e. The zero-order valence-corrected chi connectivity index (χ0v) is 16.6. The lowest BCUT2D eigenvalue weighted by atomic mass is 10.1. The highest BCUT2D eigenvalue weighted by molar-refractivity contribution is 7.89. The fourth-order valence-corrected chi connectivity index (χ4v) is 4.99. The molecular formula is C18H24N4O4S. The number of carbonyl (C=O) groups excluding carboxylic acids is 2. The number of carbonyl (C=O) groups is 2. The van der Waals surface area contributed by atoms with Crippen molar-refractivity contribution in [3.63, 3.8) is 0 Å². The molecule has 0 spiro atoms. The Hall–Kier alpha value is -2.26. The predicted molar refractivity (Wildman–Crippen MR) is 101 cm³/mol. The molecule has 2 aliphatic rings. The number of sulfonamides is 1. The SMILES string of the molecule is Cc1ccc(C)c(S(=O)(=O)N2CCN(C(=O)C3=NN(C)C(=O)CC3)CC2)c1. The van der Waals surface area contributed by atoms with E-state index in [2.05, 4.69) is 5.10 Å². The fourth-order valence-electron chi connectivity index (χ4n) is 3.26. The highest BCUT2D eigenvalue weighted by atomic mass is 32.2. The van der Waals surface area contributed by atoms with E-state index in [1.807, 2.05) is 13.0 Å². The van der Waals surface area contributed by atoms with Crippen LogP contribution in [0.2, 0.25) is 0 Å². The first-order valence-electron chi connectivity index (χ1n) is 8.91. The van der Waals surface area contributed by atoms with E-state index in [-0.39, 0.29) is 31.3 Å². The third kappa shape index (κ3) is 3.89. The van der Waals surface area contributed by atoms with E-state index >= 15 is 0 Å². The van der Waals surface area contributed by atoms with E-state index in [0.717, 1.165) is 5.56 Å². The second-order valence-corrected chi connectivity index (χ2v) is 8.84. The van der Waals surface area contributed by atoms with Crippen LogP contribution in [-0.2, 0) is 19.6 Å². The summed E-state index contributed by atoms with van der Waals surface area (Å²) in [6.45, 7) is 4.74. The summed E-state index contributed by atoms with van der Waals surface area (Å²) in [5.74, 6) is -0.339. The molecule has 9 heteroatoms. The molecule has 146 valence electrons. The van der Waals surface area contributed by atoms with E-state index in [9.17, 15) is 18.0 Å². The molecule has 2 aliphatic heterocycles. The van der Waals surface area contributed by atoms with Crippen LogP contribution in [-0.4, -0.2) is 73.4 Å². The quantitative estimate of drug-likeness (QED) is 0.759. The van der Waals surface area contributed by atoms with Gasteiger partial charge < -0.3 is 4.90 Å². The van der Waals surface area contributed by atoms with Gasteiger partial charge in [-0.1, -0.05) is 12.1 Å². The molecule has 0 atom stereocenters. The molecule has 0 saturated carbocycles. The maximum atomic E-state index is 13.0. The Morgan fingerprint density at radius 2 is 1.74 bits per heavy atom. The minimum atomic E-state index is -3.59. The van der Waals surface area contributed by atoms with Gasteiger partial charge in [-0.05, 0) is 31.0 Å². The van der Waals surface area contributed by atoms with Gasteiger partial charge in [-0.3, -0.25) is 9.59 Å². The third-order valence-electron chi connectivity index (χ3n) is 4.94.